The molecule has 1 spiro atoms. The van der Waals surface area contributed by atoms with Gasteiger partial charge in [0, 0.05) is 35.0 Å². The molecule has 2 aliphatic heterocycles. The van der Waals surface area contributed by atoms with Gasteiger partial charge in [-0.1, -0.05) is 5.21 Å². The lowest BCUT2D eigenvalue weighted by atomic mass is 9.85. The number of benzene rings is 2. The zero-order chi connectivity index (χ0) is 22.6. The van der Waals surface area contributed by atoms with Crippen LogP contribution in [-0.2, 0) is 4.74 Å². The molecule has 2 aromatic carbocycles. The molecule has 8 nitrogen and oxygen atoms in total. The Balaban J connectivity index is 1.24. The van der Waals surface area contributed by atoms with E-state index in [4.69, 9.17) is 4.74 Å². The number of H-pyrrole nitrogens is 1. The summed E-state index contributed by atoms with van der Waals surface area (Å²) in [6.45, 7) is 2.96. The van der Waals surface area contributed by atoms with Crippen LogP contribution in [0.5, 0.6) is 0 Å². The maximum absolute atomic E-state index is 13.6. The van der Waals surface area contributed by atoms with Gasteiger partial charge < -0.3 is 14.6 Å². The van der Waals surface area contributed by atoms with Gasteiger partial charge in [-0.15, -0.1) is 5.10 Å². The first-order valence-electron chi connectivity index (χ1n) is 10.7. The lowest BCUT2D eigenvalue weighted by Crippen LogP contribution is -2.45. The number of likely N-dealkylation sites (tertiary alicyclic amines) is 1. The summed E-state index contributed by atoms with van der Waals surface area (Å²) < 4.78 is 20.5. The largest absolute Gasteiger partial charge is 0.380 e. The molecule has 1 N–H and O–H groups in total. The third-order valence-electron chi connectivity index (χ3n) is 6.50. The van der Waals surface area contributed by atoms with Crippen molar-refractivity contribution in [3.63, 3.8) is 0 Å². The van der Waals surface area contributed by atoms with E-state index in [1.807, 2.05) is 4.90 Å². The van der Waals surface area contributed by atoms with Gasteiger partial charge in [0.2, 0.25) is 0 Å². The minimum absolute atomic E-state index is 0.0135. The average Bonchev–Trinajstić information content (AvgIpc) is 3.47. The molecule has 9 heteroatoms. The standard InChI is InChI=1S/C24H20FN5O3/c25-17-3-6-20-16(9-17)10-19(22(31)26-20)21-11-30(28-27-21)18-4-1-15(2-5-18)23(32)29-8-7-24(12-29)13-33-14-24/h1-6,9-11H,7-8,12-14H2,(H,26,31). The first-order valence-corrected chi connectivity index (χ1v) is 10.7. The van der Waals surface area contributed by atoms with Crippen LogP contribution in [0.1, 0.15) is 16.8 Å². The quantitative estimate of drug-likeness (QED) is 0.524. The Hall–Kier alpha value is -3.85. The van der Waals surface area contributed by atoms with Crippen molar-refractivity contribution in [2.75, 3.05) is 26.3 Å². The van der Waals surface area contributed by atoms with Crippen LogP contribution < -0.4 is 5.56 Å². The first-order chi connectivity index (χ1) is 16.0. The molecule has 2 aromatic heterocycles. The van der Waals surface area contributed by atoms with Crippen LogP contribution in [0.15, 0.2) is 59.5 Å². The molecule has 0 bridgehead atoms. The minimum Gasteiger partial charge on any atom is -0.380 e. The molecule has 1 amide bonds. The van der Waals surface area contributed by atoms with Crippen LogP contribution in [-0.4, -0.2) is 57.1 Å². The Morgan fingerprint density at radius 2 is 1.94 bits per heavy atom. The van der Waals surface area contributed by atoms with Crippen LogP contribution in [0.25, 0.3) is 27.8 Å². The summed E-state index contributed by atoms with van der Waals surface area (Å²) >= 11 is 0. The second kappa shape index (κ2) is 7.35. The van der Waals surface area contributed by atoms with Crippen LogP contribution in [0.2, 0.25) is 0 Å². The molecule has 2 fully saturated rings. The average molecular weight is 445 g/mol. The van der Waals surface area contributed by atoms with Crippen molar-refractivity contribution in [2.24, 2.45) is 5.41 Å². The van der Waals surface area contributed by atoms with Gasteiger partial charge in [0.25, 0.3) is 11.5 Å². The number of rotatable bonds is 3. The summed E-state index contributed by atoms with van der Waals surface area (Å²) in [7, 11) is 0. The van der Waals surface area contributed by atoms with Gasteiger partial charge in [-0.3, -0.25) is 9.59 Å². The lowest BCUT2D eigenvalue weighted by molar-refractivity contribution is -0.103. The van der Waals surface area contributed by atoms with Crippen molar-refractivity contribution in [3.8, 4) is 16.9 Å². The highest BCUT2D eigenvalue weighted by atomic mass is 19.1. The van der Waals surface area contributed by atoms with Gasteiger partial charge in [0.05, 0.1) is 30.7 Å². The number of aromatic nitrogens is 4. The molecule has 166 valence electrons. The molecule has 33 heavy (non-hydrogen) atoms. The summed E-state index contributed by atoms with van der Waals surface area (Å²) in [4.78, 5) is 30.0. The maximum atomic E-state index is 13.6. The molecular formula is C24H20FN5O3. The molecule has 2 aliphatic rings. The summed E-state index contributed by atoms with van der Waals surface area (Å²) in [5.41, 5.74) is 2.36. The van der Waals surface area contributed by atoms with Gasteiger partial charge in [0.1, 0.15) is 11.5 Å². The Kier molecular flexibility index (Phi) is 4.41. The topological polar surface area (TPSA) is 93.1 Å². The van der Waals surface area contributed by atoms with E-state index in [1.165, 1.54) is 22.9 Å². The van der Waals surface area contributed by atoms with E-state index in [0.29, 0.717) is 33.4 Å². The molecule has 0 atom stereocenters. The van der Waals surface area contributed by atoms with Crippen LogP contribution in [0.3, 0.4) is 0 Å². The summed E-state index contributed by atoms with van der Waals surface area (Å²) in [6, 6.07) is 12.9. The monoisotopic (exact) mass is 445 g/mol. The normalized spacial score (nSPS) is 16.9. The van der Waals surface area contributed by atoms with Crippen LogP contribution in [0, 0.1) is 11.2 Å². The lowest BCUT2D eigenvalue weighted by Gasteiger charge is -2.37. The van der Waals surface area contributed by atoms with Gasteiger partial charge in [-0.2, -0.15) is 0 Å². The summed E-state index contributed by atoms with van der Waals surface area (Å²) in [6.07, 6.45) is 2.62. The number of amides is 1. The highest BCUT2D eigenvalue weighted by Crippen LogP contribution is 2.37. The SMILES string of the molecule is O=C(c1ccc(-n2cc(-c3cc4cc(F)ccc4[nH]c3=O)nn2)cc1)N1CCC2(COC2)C1. The Labute approximate surface area is 187 Å². The number of hydrogen-bond donors (Lipinski definition) is 1. The van der Waals surface area contributed by atoms with E-state index < -0.39 is 0 Å². The molecule has 0 radical (unpaired) electrons. The zero-order valence-electron chi connectivity index (χ0n) is 17.6. The van der Waals surface area contributed by atoms with E-state index in [2.05, 4.69) is 15.3 Å². The number of nitrogens with one attached hydrogen (secondary N) is 1. The highest BCUT2D eigenvalue weighted by Gasteiger charge is 2.45. The molecule has 6 rings (SSSR count). The summed E-state index contributed by atoms with van der Waals surface area (Å²) in [5.74, 6) is -0.372. The van der Waals surface area contributed by atoms with Crippen LogP contribution >= 0.6 is 0 Å². The number of aromatic amines is 1. The second-order valence-corrected chi connectivity index (χ2v) is 8.81. The van der Waals surface area contributed by atoms with Gasteiger partial charge in [0.15, 0.2) is 0 Å². The van der Waals surface area contributed by atoms with E-state index in [-0.39, 0.29) is 22.7 Å². The van der Waals surface area contributed by atoms with Gasteiger partial charge >= 0.3 is 0 Å². The van der Waals surface area contributed by atoms with Crippen molar-refractivity contribution in [2.45, 2.75) is 6.42 Å². The first kappa shape index (κ1) is 19.8. The zero-order valence-corrected chi connectivity index (χ0v) is 17.6. The molecule has 0 saturated carbocycles. The van der Waals surface area contributed by atoms with Crippen molar-refractivity contribution in [1.82, 2.24) is 24.9 Å². The Bertz CT molecular complexity index is 1440. The van der Waals surface area contributed by atoms with Gasteiger partial charge in [-0.25, -0.2) is 9.07 Å². The minimum atomic E-state index is -0.385. The van der Waals surface area contributed by atoms with Crippen molar-refractivity contribution >= 4 is 16.8 Å². The fourth-order valence-corrected chi connectivity index (χ4v) is 4.56. The molecular weight excluding hydrogens is 425 g/mol. The second-order valence-electron chi connectivity index (χ2n) is 8.81. The predicted octanol–water partition coefficient (Wildman–Crippen LogP) is 2.78. The Morgan fingerprint density at radius 3 is 2.67 bits per heavy atom. The number of halogens is 1. The van der Waals surface area contributed by atoms with Gasteiger partial charge in [-0.05, 0) is 55.0 Å². The molecule has 4 heterocycles. The third-order valence-corrected chi connectivity index (χ3v) is 6.50. The number of fused-ring (bicyclic) bond motifs is 1. The third kappa shape index (κ3) is 3.41. The number of hydrogen-bond acceptors (Lipinski definition) is 5. The molecule has 2 saturated heterocycles. The van der Waals surface area contributed by atoms with Crippen molar-refractivity contribution in [1.29, 1.82) is 0 Å². The van der Waals surface area contributed by atoms with Crippen LogP contribution in [0.4, 0.5) is 4.39 Å². The Morgan fingerprint density at radius 1 is 1.12 bits per heavy atom. The maximum Gasteiger partial charge on any atom is 0.258 e. The number of nitrogens with zero attached hydrogens (tertiary/aromatic N) is 4. The fourth-order valence-electron chi connectivity index (χ4n) is 4.56. The van der Waals surface area contributed by atoms with Crippen molar-refractivity contribution < 1.29 is 13.9 Å². The molecule has 4 aromatic rings. The summed E-state index contributed by atoms with van der Waals surface area (Å²) in [5, 5.41) is 8.81. The number of pyridine rings is 1. The predicted molar refractivity (Wildman–Crippen MR) is 119 cm³/mol. The van der Waals surface area contributed by atoms with E-state index in [1.54, 1.807) is 36.5 Å². The van der Waals surface area contributed by atoms with E-state index >= 15 is 0 Å². The number of ether oxygens (including phenoxy) is 1. The number of carbonyl (C=O) groups excluding carboxylic acids is 1. The van der Waals surface area contributed by atoms with Crippen molar-refractivity contribution in [3.05, 3.63) is 76.5 Å². The highest BCUT2D eigenvalue weighted by molar-refractivity contribution is 5.94. The molecule has 0 unspecified atom stereocenters. The fraction of sp³-hybridized carbons (Fsp3) is 0.250. The number of carbonyl (C=O) groups is 1. The van der Waals surface area contributed by atoms with E-state index in [9.17, 15) is 14.0 Å². The smallest absolute Gasteiger partial charge is 0.258 e. The van der Waals surface area contributed by atoms with E-state index in [0.717, 1.165) is 32.7 Å². The molecule has 0 aliphatic carbocycles.